The first-order valence-corrected chi connectivity index (χ1v) is 6.67. The number of ether oxygens (including phenoxy) is 2. The molecule has 94 valence electrons. The third-order valence-electron chi connectivity index (χ3n) is 3.04. The molecule has 17 heavy (non-hydrogen) atoms. The van der Waals surface area contributed by atoms with Crippen molar-refractivity contribution in [2.24, 2.45) is 0 Å². The lowest BCUT2D eigenvalue weighted by Crippen LogP contribution is -2.13. The molecular formula is C14H19ClO2. The standard InChI is InChI=1S/C14H19ClO2/c1-3-16-12-6-7-13-11(9-12)5-4-8-17-14(13)10(2)15/h6-7,9-10,14H,3-5,8H2,1-2H3. The summed E-state index contributed by atoms with van der Waals surface area (Å²) in [6.45, 7) is 5.46. The van der Waals surface area contributed by atoms with Crippen molar-refractivity contribution in [3.8, 4) is 5.75 Å². The van der Waals surface area contributed by atoms with E-state index in [-0.39, 0.29) is 11.5 Å². The number of halogens is 1. The number of rotatable bonds is 3. The maximum Gasteiger partial charge on any atom is 0.119 e. The summed E-state index contributed by atoms with van der Waals surface area (Å²) in [5.41, 5.74) is 2.53. The van der Waals surface area contributed by atoms with Crippen molar-refractivity contribution in [2.75, 3.05) is 13.2 Å². The van der Waals surface area contributed by atoms with Crippen LogP contribution in [0.4, 0.5) is 0 Å². The Bertz CT molecular complexity index is 376. The molecule has 1 aromatic carbocycles. The minimum absolute atomic E-state index is 0.00448. The number of hydrogen-bond donors (Lipinski definition) is 0. The molecule has 2 atom stereocenters. The molecule has 2 nitrogen and oxygen atoms in total. The van der Waals surface area contributed by atoms with Crippen LogP contribution in [0.1, 0.15) is 37.5 Å². The highest BCUT2D eigenvalue weighted by Crippen LogP contribution is 2.33. The van der Waals surface area contributed by atoms with Crippen LogP contribution in [0.25, 0.3) is 0 Å². The van der Waals surface area contributed by atoms with E-state index in [0.29, 0.717) is 6.61 Å². The summed E-state index contributed by atoms with van der Waals surface area (Å²) in [5.74, 6) is 0.939. The molecule has 0 amide bonds. The van der Waals surface area contributed by atoms with Gasteiger partial charge in [0.1, 0.15) is 5.75 Å². The molecule has 3 heteroatoms. The van der Waals surface area contributed by atoms with Crippen molar-refractivity contribution >= 4 is 11.6 Å². The molecule has 0 aromatic heterocycles. The van der Waals surface area contributed by atoms with Crippen molar-refractivity contribution in [1.82, 2.24) is 0 Å². The van der Waals surface area contributed by atoms with E-state index in [1.807, 2.05) is 19.9 Å². The molecule has 0 saturated carbocycles. The maximum absolute atomic E-state index is 6.20. The summed E-state index contributed by atoms with van der Waals surface area (Å²) >= 11 is 6.20. The van der Waals surface area contributed by atoms with Gasteiger partial charge in [0.25, 0.3) is 0 Å². The highest BCUT2D eigenvalue weighted by Gasteiger charge is 2.23. The van der Waals surface area contributed by atoms with Gasteiger partial charge in [0.05, 0.1) is 18.1 Å². The van der Waals surface area contributed by atoms with Crippen molar-refractivity contribution in [3.63, 3.8) is 0 Å². The topological polar surface area (TPSA) is 18.5 Å². The fraction of sp³-hybridized carbons (Fsp3) is 0.571. The van der Waals surface area contributed by atoms with Crippen LogP contribution in [0.15, 0.2) is 18.2 Å². The van der Waals surface area contributed by atoms with Gasteiger partial charge in [-0.25, -0.2) is 0 Å². The Hall–Kier alpha value is -0.730. The Labute approximate surface area is 108 Å². The monoisotopic (exact) mass is 254 g/mol. The summed E-state index contributed by atoms with van der Waals surface area (Å²) in [6, 6.07) is 6.22. The van der Waals surface area contributed by atoms with Crippen LogP contribution in [0, 0.1) is 0 Å². The van der Waals surface area contributed by atoms with Crippen molar-refractivity contribution in [2.45, 2.75) is 38.2 Å². The zero-order valence-corrected chi connectivity index (χ0v) is 11.2. The SMILES string of the molecule is CCOc1ccc2c(c1)CCCOC2C(C)Cl. The van der Waals surface area contributed by atoms with Crippen LogP contribution in [-0.4, -0.2) is 18.6 Å². The summed E-state index contributed by atoms with van der Waals surface area (Å²) in [5, 5.41) is -0.00945. The first-order chi connectivity index (χ1) is 8.22. The number of alkyl halides is 1. The maximum atomic E-state index is 6.20. The number of aryl methyl sites for hydroxylation is 1. The summed E-state index contributed by atoms with van der Waals surface area (Å²) in [6.07, 6.45) is 2.09. The van der Waals surface area contributed by atoms with E-state index in [9.17, 15) is 0 Å². The van der Waals surface area contributed by atoms with E-state index in [4.69, 9.17) is 21.1 Å². The normalized spacial score (nSPS) is 21.5. The smallest absolute Gasteiger partial charge is 0.119 e. The highest BCUT2D eigenvalue weighted by molar-refractivity contribution is 6.20. The Balaban J connectivity index is 2.32. The van der Waals surface area contributed by atoms with Gasteiger partial charge in [-0.2, -0.15) is 0 Å². The zero-order valence-electron chi connectivity index (χ0n) is 10.4. The highest BCUT2D eigenvalue weighted by atomic mass is 35.5. The molecule has 1 heterocycles. The molecule has 0 saturated heterocycles. The Kier molecular flexibility index (Phi) is 4.30. The van der Waals surface area contributed by atoms with Crippen LogP contribution >= 0.6 is 11.6 Å². The first kappa shape index (κ1) is 12.7. The molecule has 0 aliphatic carbocycles. The van der Waals surface area contributed by atoms with Gasteiger partial charge in [-0.15, -0.1) is 11.6 Å². The Morgan fingerprint density at radius 2 is 2.35 bits per heavy atom. The van der Waals surface area contributed by atoms with Crippen molar-refractivity contribution < 1.29 is 9.47 Å². The van der Waals surface area contributed by atoms with Gasteiger partial charge >= 0.3 is 0 Å². The molecule has 2 rings (SSSR count). The van der Waals surface area contributed by atoms with Gasteiger partial charge in [0.2, 0.25) is 0 Å². The largest absolute Gasteiger partial charge is 0.494 e. The average molecular weight is 255 g/mol. The lowest BCUT2D eigenvalue weighted by molar-refractivity contribution is 0.0565. The fourth-order valence-corrected chi connectivity index (χ4v) is 2.48. The first-order valence-electron chi connectivity index (χ1n) is 6.23. The molecule has 1 aliphatic heterocycles. The van der Waals surface area contributed by atoms with Crippen LogP contribution in [0.3, 0.4) is 0 Å². The van der Waals surface area contributed by atoms with Crippen molar-refractivity contribution in [1.29, 1.82) is 0 Å². The van der Waals surface area contributed by atoms with Gasteiger partial charge in [-0.1, -0.05) is 6.07 Å². The zero-order chi connectivity index (χ0) is 12.3. The van der Waals surface area contributed by atoms with Gasteiger partial charge in [-0.05, 0) is 49.9 Å². The molecular weight excluding hydrogens is 236 g/mol. The third-order valence-corrected chi connectivity index (χ3v) is 3.27. The number of hydrogen-bond acceptors (Lipinski definition) is 2. The van der Waals surface area contributed by atoms with E-state index in [0.717, 1.165) is 25.2 Å². The second-order valence-electron chi connectivity index (χ2n) is 4.37. The molecule has 0 bridgehead atoms. The molecule has 1 aliphatic rings. The number of fused-ring (bicyclic) bond motifs is 1. The minimum Gasteiger partial charge on any atom is -0.494 e. The Morgan fingerprint density at radius 3 is 3.06 bits per heavy atom. The molecule has 0 spiro atoms. The lowest BCUT2D eigenvalue weighted by atomic mass is 9.98. The predicted octanol–water partition coefficient (Wildman–Crippen LogP) is 3.72. The van der Waals surface area contributed by atoms with Gasteiger partial charge < -0.3 is 9.47 Å². The van der Waals surface area contributed by atoms with Gasteiger partial charge in [0.15, 0.2) is 0 Å². The molecule has 1 aromatic rings. The molecule has 0 radical (unpaired) electrons. The predicted molar refractivity (Wildman–Crippen MR) is 69.9 cm³/mol. The van der Waals surface area contributed by atoms with Crippen LogP contribution in [-0.2, 0) is 11.2 Å². The molecule has 0 N–H and O–H groups in total. The van der Waals surface area contributed by atoms with Crippen LogP contribution < -0.4 is 4.74 Å². The van der Waals surface area contributed by atoms with E-state index in [1.165, 1.54) is 11.1 Å². The average Bonchev–Trinajstić information content (AvgIpc) is 2.51. The molecule has 2 unspecified atom stereocenters. The lowest BCUT2D eigenvalue weighted by Gasteiger charge is -2.20. The fourth-order valence-electron chi connectivity index (χ4n) is 2.28. The second kappa shape index (κ2) is 5.74. The summed E-state index contributed by atoms with van der Waals surface area (Å²) < 4.78 is 11.4. The van der Waals surface area contributed by atoms with Crippen LogP contribution in [0.2, 0.25) is 0 Å². The van der Waals surface area contributed by atoms with E-state index < -0.39 is 0 Å². The van der Waals surface area contributed by atoms with E-state index in [2.05, 4.69) is 12.1 Å². The van der Waals surface area contributed by atoms with Crippen LogP contribution in [0.5, 0.6) is 5.75 Å². The van der Waals surface area contributed by atoms with Crippen molar-refractivity contribution in [3.05, 3.63) is 29.3 Å². The number of benzene rings is 1. The summed E-state index contributed by atoms with van der Waals surface area (Å²) in [4.78, 5) is 0. The quantitative estimate of drug-likeness (QED) is 0.766. The van der Waals surface area contributed by atoms with E-state index >= 15 is 0 Å². The third kappa shape index (κ3) is 2.93. The Morgan fingerprint density at radius 1 is 1.53 bits per heavy atom. The van der Waals surface area contributed by atoms with E-state index in [1.54, 1.807) is 0 Å². The summed E-state index contributed by atoms with van der Waals surface area (Å²) in [7, 11) is 0. The van der Waals surface area contributed by atoms with Gasteiger partial charge in [-0.3, -0.25) is 0 Å². The minimum atomic E-state index is -0.00945. The molecule has 0 fully saturated rings. The second-order valence-corrected chi connectivity index (χ2v) is 5.05. The van der Waals surface area contributed by atoms with Gasteiger partial charge in [0, 0.05) is 6.61 Å².